The molecule has 0 fully saturated rings. The van der Waals surface area contributed by atoms with Gasteiger partial charge in [-0.05, 0) is 79.0 Å². The van der Waals surface area contributed by atoms with Crippen LogP contribution in [0.1, 0.15) is 58.1 Å². The Balaban J connectivity index is 1.88. The van der Waals surface area contributed by atoms with E-state index in [9.17, 15) is 13.2 Å². The number of hydrogen-bond donors (Lipinski definition) is 0. The molecule has 28 heavy (non-hydrogen) atoms. The van der Waals surface area contributed by atoms with Gasteiger partial charge in [-0.2, -0.15) is 13.2 Å². The maximum Gasteiger partial charge on any atom is 0.416 e. The molecule has 2 aromatic carbocycles. The van der Waals surface area contributed by atoms with E-state index in [0.717, 1.165) is 36.8 Å². The highest BCUT2D eigenvalue weighted by Crippen LogP contribution is 2.31. The molecule has 0 heterocycles. The summed E-state index contributed by atoms with van der Waals surface area (Å²) in [6, 6.07) is 12.6. The van der Waals surface area contributed by atoms with Crippen molar-refractivity contribution in [3.05, 3.63) is 59.7 Å². The predicted molar refractivity (Wildman–Crippen MR) is 109 cm³/mol. The Kier molecular flexibility index (Phi) is 7.97. The molecule has 0 N–H and O–H groups in total. The van der Waals surface area contributed by atoms with Gasteiger partial charge in [0.2, 0.25) is 0 Å². The molecule has 0 aliphatic heterocycles. The number of ether oxygens (including phenoxy) is 1. The summed E-state index contributed by atoms with van der Waals surface area (Å²) >= 11 is 0. The summed E-state index contributed by atoms with van der Waals surface area (Å²) < 4.78 is 43.7. The van der Waals surface area contributed by atoms with Crippen LogP contribution < -0.4 is 4.74 Å². The number of hydrogen-bond acceptors (Lipinski definition) is 1. The fraction of sp³-hybridized carbons (Fsp3) is 0.500. The van der Waals surface area contributed by atoms with Gasteiger partial charge in [0.1, 0.15) is 11.5 Å². The van der Waals surface area contributed by atoms with Crippen LogP contribution in [0.5, 0.6) is 11.5 Å². The van der Waals surface area contributed by atoms with Crippen molar-refractivity contribution in [3.8, 4) is 11.5 Å². The second-order valence-corrected chi connectivity index (χ2v) is 8.25. The monoisotopic (exact) mass is 392 g/mol. The Bertz CT molecular complexity index is 719. The number of alkyl halides is 3. The first-order valence-corrected chi connectivity index (χ1v) is 10.1. The molecule has 2 unspecified atom stereocenters. The Labute approximate surface area is 166 Å². The molecule has 0 saturated heterocycles. The molecule has 0 bridgehead atoms. The van der Waals surface area contributed by atoms with Gasteiger partial charge in [0.25, 0.3) is 0 Å². The van der Waals surface area contributed by atoms with Crippen LogP contribution in [0.2, 0.25) is 0 Å². The van der Waals surface area contributed by atoms with Crippen LogP contribution in [-0.2, 0) is 12.6 Å². The quantitative estimate of drug-likeness (QED) is 0.418. The summed E-state index contributed by atoms with van der Waals surface area (Å²) in [4.78, 5) is 0. The third-order valence-electron chi connectivity index (χ3n) is 5.26. The third kappa shape index (κ3) is 7.21. The van der Waals surface area contributed by atoms with Gasteiger partial charge in [0.15, 0.2) is 0 Å². The molecule has 0 aliphatic carbocycles. The van der Waals surface area contributed by atoms with Gasteiger partial charge in [0, 0.05) is 0 Å². The lowest BCUT2D eigenvalue weighted by atomic mass is 9.85. The van der Waals surface area contributed by atoms with E-state index in [1.807, 2.05) is 18.2 Å². The number of rotatable bonds is 9. The summed E-state index contributed by atoms with van der Waals surface area (Å²) in [5, 5.41) is 0. The highest BCUT2D eigenvalue weighted by Gasteiger charge is 2.30. The van der Waals surface area contributed by atoms with Crippen molar-refractivity contribution >= 4 is 0 Å². The van der Waals surface area contributed by atoms with Gasteiger partial charge in [-0.3, -0.25) is 0 Å². The van der Waals surface area contributed by atoms with Crippen LogP contribution in [0, 0.1) is 17.8 Å². The largest absolute Gasteiger partial charge is 0.457 e. The fourth-order valence-corrected chi connectivity index (χ4v) is 3.50. The summed E-state index contributed by atoms with van der Waals surface area (Å²) in [6.45, 7) is 9.21. The molecular formula is C24H31F3O. The highest BCUT2D eigenvalue weighted by molar-refractivity contribution is 5.35. The lowest BCUT2D eigenvalue weighted by Gasteiger charge is -2.21. The zero-order chi connectivity index (χ0) is 20.7. The molecule has 2 atom stereocenters. The zero-order valence-electron chi connectivity index (χ0n) is 17.2. The first-order valence-electron chi connectivity index (χ1n) is 10.1. The Morgan fingerprint density at radius 1 is 0.857 bits per heavy atom. The normalized spacial score (nSPS) is 14.1. The van der Waals surface area contributed by atoms with Crippen LogP contribution in [0.15, 0.2) is 48.5 Å². The zero-order valence-corrected chi connectivity index (χ0v) is 17.2. The first-order chi connectivity index (χ1) is 13.1. The molecule has 0 spiro atoms. The number of benzene rings is 2. The number of halogens is 3. The van der Waals surface area contributed by atoms with Crippen LogP contribution in [0.25, 0.3) is 0 Å². The van der Waals surface area contributed by atoms with Gasteiger partial charge >= 0.3 is 6.18 Å². The van der Waals surface area contributed by atoms with Crippen molar-refractivity contribution in [2.75, 3.05) is 0 Å². The van der Waals surface area contributed by atoms with E-state index >= 15 is 0 Å². The van der Waals surface area contributed by atoms with Crippen molar-refractivity contribution in [3.63, 3.8) is 0 Å². The van der Waals surface area contributed by atoms with Crippen LogP contribution in [0.3, 0.4) is 0 Å². The molecule has 1 nitrogen and oxygen atoms in total. The summed E-state index contributed by atoms with van der Waals surface area (Å²) in [5.41, 5.74) is 0.516. The minimum atomic E-state index is -4.33. The van der Waals surface area contributed by atoms with Crippen molar-refractivity contribution in [2.24, 2.45) is 17.8 Å². The second kappa shape index (κ2) is 9.99. The average molecular weight is 393 g/mol. The van der Waals surface area contributed by atoms with Gasteiger partial charge in [-0.1, -0.05) is 46.2 Å². The third-order valence-corrected chi connectivity index (χ3v) is 5.26. The minimum Gasteiger partial charge on any atom is -0.457 e. The molecule has 154 valence electrons. The Hall–Kier alpha value is -1.97. The second-order valence-electron chi connectivity index (χ2n) is 8.25. The molecule has 4 heteroatoms. The molecule has 0 saturated carbocycles. The number of aryl methyl sites for hydroxylation is 1. The molecule has 2 aromatic rings. The summed E-state index contributed by atoms with van der Waals surface area (Å²) in [6.07, 6.45) is 0.216. The summed E-state index contributed by atoms with van der Waals surface area (Å²) in [5.74, 6) is 3.22. The molecule has 0 radical (unpaired) electrons. The van der Waals surface area contributed by atoms with E-state index in [1.54, 1.807) is 0 Å². The van der Waals surface area contributed by atoms with Gasteiger partial charge in [-0.25, -0.2) is 0 Å². The van der Waals surface area contributed by atoms with Gasteiger partial charge in [-0.15, -0.1) is 0 Å². The van der Waals surface area contributed by atoms with Gasteiger partial charge < -0.3 is 4.74 Å². The van der Waals surface area contributed by atoms with Gasteiger partial charge in [0.05, 0.1) is 5.56 Å². The molecule has 0 amide bonds. The Morgan fingerprint density at radius 3 is 2.14 bits per heavy atom. The van der Waals surface area contributed by atoms with E-state index in [1.165, 1.54) is 30.5 Å². The highest BCUT2D eigenvalue weighted by atomic mass is 19.4. The average Bonchev–Trinajstić information content (AvgIpc) is 2.61. The fourth-order valence-electron chi connectivity index (χ4n) is 3.50. The summed E-state index contributed by atoms with van der Waals surface area (Å²) in [7, 11) is 0. The van der Waals surface area contributed by atoms with E-state index in [2.05, 4.69) is 33.8 Å². The van der Waals surface area contributed by atoms with Crippen LogP contribution >= 0.6 is 0 Å². The minimum absolute atomic E-state index is 0.404. The molecular weight excluding hydrogens is 361 g/mol. The molecule has 2 rings (SSSR count). The van der Waals surface area contributed by atoms with E-state index in [0.29, 0.717) is 17.4 Å². The lowest BCUT2D eigenvalue weighted by molar-refractivity contribution is -0.137. The maximum absolute atomic E-state index is 12.6. The van der Waals surface area contributed by atoms with E-state index in [4.69, 9.17) is 4.74 Å². The van der Waals surface area contributed by atoms with Crippen molar-refractivity contribution in [1.82, 2.24) is 0 Å². The SMILES string of the molecule is CC(C)CC(C)C(C)CCCc1cccc(Oc2ccc(C(F)(F)F)cc2)c1. The Morgan fingerprint density at radius 2 is 1.54 bits per heavy atom. The van der Waals surface area contributed by atoms with E-state index in [-0.39, 0.29) is 0 Å². The molecule has 0 aliphatic rings. The molecule has 0 aromatic heterocycles. The van der Waals surface area contributed by atoms with Crippen molar-refractivity contribution in [1.29, 1.82) is 0 Å². The van der Waals surface area contributed by atoms with Crippen molar-refractivity contribution in [2.45, 2.75) is 59.6 Å². The van der Waals surface area contributed by atoms with Crippen molar-refractivity contribution < 1.29 is 17.9 Å². The maximum atomic E-state index is 12.6. The topological polar surface area (TPSA) is 9.23 Å². The predicted octanol–water partition coefficient (Wildman–Crippen LogP) is 8.14. The first kappa shape index (κ1) is 22.3. The smallest absolute Gasteiger partial charge is 0.416 e. The van der Waals surface area contributed by atoms with Crippen LogP contribution in [0.4, 0.5) is 13.2 Å². The lowest BCUT2D eigenvalue weighted by Crippen LogP contribution is -2.11. The van der Waals surface area contributed by atoms with E-state index < -0.39 is 11.7 Å². The standard InChI is InChI=1S/C24H31F3O/c1-17(2)15-19(4)18(3)7-5-8-20-9-6-10-23(16-20)28-22-13-11-21(12-14-22)24(25,26)27/h6,9-14,16-19H,5,7-8,15H2,1-4H3. The van der Waals surface area contributed by atoms with Crippen LogP contribution in [-0.4, -0.2) is 0 Å².